The van der Waals surface area contributed by atoms with E-state index in [9.17, 15) is 9.59 Å². The highest BCUT2D eigenvalue weighted by Crippen LogP contribution is 2.23. The van der Waals surface area contributed by atoms with Gasteiger partial charge in [0.15, 0.2) is 0 Å². The molecule has 2 aromatic heterocycles. The lowest BCUT2D eigenvalue weighted by Gasteiger charge is -2.41. The molecular weight excluding hydrogens is 547 g/mol. The van der Waals surface area contributed by atoms with Crippen LogP contribution in [0.1, 0.15) is 47.7 Å². The number of thiophene rings is 1. The summed E-state index contributed by atoms with van der Waals surface area (Å²) in [5.41, 5.74) is 5.32. The fraction of sp³-hybridized carbons (Fsp3) is 0.577. The molecule has 2 saturated heterocycles. The van der Waals surface area contributed by atoms with Crippen molar-refractivity contribution in [2.45, 2.75) is 51.7 Å². The molecule has 208 valence electrons. The zero-order chi connectivity index (χ0) is 27.1. The fourth-order valence-electron chi connectivity index (χ4n) is 4.99. The summed E-state index contributed by atoms with van der Waals surface area (Å²) in [5.74, 6) is -0.238. The molecule has 9 nitrogen and oxygen atoms in total. The predicted molar refractivity (Wildman–Crippen MR) is 151 cm³/mol. The first-order valence-electron chi connectivity index (χ1n) is 13.1. The number of likely N-dealkylation sites (tertiary alicyclic amines) is 1. The molecule has 0 radical (unpaired) electrons. The molecular formula is C26H36Cl2N6O3S. The van der Waals surface area contributed by atoms with Gasteiger partial charge in [-0.3, -0.25) is 10.2 Å². The molecule has 2 aliphatic heterocycles. The maximum Gasteiger partial charge on any atom is 0.332 e. The van der Waals surface area contributed by atoms with E-state index in [4.69, 9.17) is 27.9 Å². The third-order valence-electron chi connectivity index (χ3n) is 7.24. The highest BCUT2D eigenvalue weighted by atomic mass is 35.5. The lowest BCUT2D eigenvalue weighted by atomic mass is 10.0. The molecule has 2 aliphatic rings. The number of ether oxygens (including phenoxy) is 1. The number of piperidine rings is 1. The topological polar surface area (TPSA) is 90.0 Å². The molecule has 0 aromatic carbocycles. The SMILES string of the molecule is Cc1cc(Cl)nc(Cl)c1C(=O)NCCC(C)N1CCC(N(Cc2ccsc2)C(=O)NN2CCOCC2)CC1. The Bertz CT molecular complexity index is 1050. The number of rotatable bonds is 9. The van der Waals surface area contributed by atoms with Crippen LogP contribution in [0.3, 0.4) is 0 Å². The van der Waals surface area contributed by atoms with Gasteiger partial charge in [-0.25, -0.2) is 14.8 Å². The summed E-state index contributed by atoms with van der Waals surface area (Å²) in [5, 5.41) is 9.47. The van der Waals surface area contributed by atoms with Crippen molar-refractivity contribution in [1.82, 2.24) is 30.5 Å². The van der Waals surface area contributed by atoms with Crippen LogP contribution in [0, 0.1) is 6.92 Å². The quantitative estimate of drug-likeness (QED) is 0.431. The van der Waals surface area contributed by atoms with Crippen LogP contribution in [-0.4, -0.2) is 89.8 Å². The lowest BCUT2D eigenvalue weighted by molar-refractivity contribution is 0.0121. The van der Waals surface area contributed by atoms with Crippen LogP contribution >= 0.6 is 34.5 Å². The highest BCUT2D eigenvalue weighted by Gasteiger charge is 2.31. The third kappa shape index (κ3) is 7.80. The average Bonchev–Trinajstić information content (AvgIpc) is 3.41. The van der Waals surface area contributed by atoms with Crippen molar-refractivity contribution in [3.05, 3.63) is 49.9 Å². The first kappa shape index (κ1) is 29.0. The van der Waals surface area contributed by atoms with Gasteiger partial charge in [0, 0.05) is 51.4 Å². The van der Waals surface area contributed by atoms with Crippen molar-refractivity contribution in [3.63, 3.8) is 0 Å². The minimum Gasteiger partial charge on any atom is -0.379 e. The molecule has 12 heteroatoms. The molecule has 2 fully saturated rings. The van der Waals surface area contributed by atoms with Crippen molar-refractivity contribution in [3.8, 4) is 0 Å². The number of halogens is 2. The Kier molecular flexibility index (Phi) is 10.6. The summed E-state index contributed by atoms with van der Waals surface area (Å²) in [6.45, 7) is 9.57. The first-order valence-corrected chi connectivity index (χ1v) is 14.8. The summed E-state index contributed by atoms with van der Waals surface area (Å²) < 4.78 is 5.41. The van der Waals surface area contributed by atoms with Crippen LogP contribution in [0.15, 0.2) is 22.9 Å². The summed E-state index contributed by atoms with van der Waals surface area (Å²) in [4.78, 5) is 34.4. The zero-order valence-electron chi connectivity index (χ0n) is 21.9. The van der Waals surface area contributed by atoms with Gasteiger partial charge in [0.1, 0.15) is 10.3 Å². The van der Waals surface area contributed by atoms with E-state index in [1.165, 1.54) is 0 Å². The van der Waals surface area contributed by atoms with Gasteiger partial charge in [-0.2, -0.15) is 11.3 Å². The van der Waals surface area contributed by atoms with Crippen molar-refractivity contribution in [2.24, 2.45) is 0 Å². The van der Waals surface area contributed by atoms with Crippen molar-refractivity contribution in [1.29, 1.82) is 0 Å². The van der Waals surface area contributed by atoms with Gasteiger partial charge in [-0.05, 0) is 67.1 Å². The molecule has 2 aromatic rings. The number of aromatic nitrogens is 1. The van der Waals surface area contributed by atoms with Crippen LogP contribution in [0.4, 0.5) is 4.79 Å². The van der Waals surface area contributed by atoms with Crippen LogP contribution in [0.25, 0.3) is 0 Å². The molecule has 38 heavy (non-hydrogen) atoms. The number of hydrogen-bond donors (Lipinski definition) is 2. The lowest BCUT2D eigenvalue weighted by Crippen LogP contribution is -2.56. The number of morpholine rings is 1. The third-order valence-corrected chi connectivity index (χ3v) is 8.44. The predicted octanol–water partition coefficient (Wildman–Crippen LogP) is 4.19. The number of carbonyl (C=O) groups is 2. The summed E-state index contributed by atoms with van der Waals surface area (Å²) in [6.07, 6.45) is 2.62. The molecule has 1 atom stereocenters. The second-order valence-corrected chi connectivity index (χ2v) is 11.4. The number of nitrogens with one attached hydrogen (secondary N) is 2. The largest absolute Gasteiger partial charge is 0.379 e. The van der Waals surface area contributed by atoms with E-state index < -0.39 is 0 Å². The van der Waals surface area contributed by atoms with Gasteiger partial charge in [0.2, 0.25) is 0 Å². The summed E-state index contributed by atoms with van der Waals surface area (Å²) in [6, 6.07) is 4.14. The normalized spacial score (nSPS) is 18.2. The highest BCUT2D eigenvalue weighted by molar-refractivity contribution is 7.07. The van der Waals surface area contributed by atoms with Crippen molar-refractivity contribution >= 4 is 46.5 Å². The molecule has 4 rings (SSSR count). The smallest absolute Gasteiger partial charge is 0.332 e. The number of aryl methyl sites for hydroxylation is 1. The van der Waals surface area contributed by atoms with E-state index in [-0.39, 0.29) is 28.3 Å². The fourth-order valence-corrected chi connectivity index (χ4v) is 6.27. The number of amides is 3. The Morgan fingerprint density at radius 3 is 2.63 bits per heavy atom. The van der Waals surface area contributed by atoms with E-state index in [0.717, 1.165) is 37.9 Å². The zero-order valence-corrected chi connectivity index (χ0v) is 24.2. The van der Waals surface area contributed by atoms with E-state index in [0.29, 0.717) is 56.6 Å². The minimum atomic E-state index is -0.238. The maximum atomic E-state index is 13.3. The second kappa shape index (κ2) is 13.9. The molecule has 1 unspecified atom stereocenters. The van der Waals surface area contributed by atoms with Crippen LogP contribution in [0.5, 0.6) is 0 Å². The second-order valence-electron chi connectivity index (χ2n) is 9.86. The maximum absolute atomic E-state index is 13.3. The average molecular weight is 584 g/mol. The van der Waals surface area contributed by atoms with Crippen LogP contribution < -0.4 is 10.7 Å². The number of hydrogen-bond acceptors (Lipinski definition) is 7. The van der Waals surface area contributed by atoms with Crippen LogP contribution in [0.2, 0.25) is 10.3 Å². The molecule has 0 saturated carbocycles. The van der Waals surface area contributed by atoms with Gasteiger partial charge in [-0.1, -0.05) is 23.2 Å². The van der Waals surface area contributed by atoms with Crippen molar-refractivity contribution < 1.29 is 14.3 Å². The first-order chi connectivity index (χ1) is 18.3. The molecule has 2 N–H and O–H groups in total. The van der Waals surface area contributed by atoms with E-state index in [1.54, 1.807) is 24.3 Å². The van der Waals surface area contributed by atoms with E-state index in [2.05, 4.69) is 44.4 Å². The number of urea groups is 1. The number of nitrogens with zero attached hydrogens (tertiary/aromatic N) is 4. The summed E-state index contributed by atoms with van der Waals surface area (Å²) >= 11 is 13.7. The van der Waals surface area contributed by atoms with Gasteiger partial charge in [-0.15, -0.1) is 0 Å². The minimum absolute atomic E-state index is 0.0436. The van der Waals surface area contributed by atoms with Gasteiger partial charge < -0.3 is 19.9 Å². The van der Waals surface area contributed by atoms with Crippen molar-refractivity contribution in [2.75, 3.05) is 45.9 Å². The number of carbonyl (C=O) groups excluding carboxylic acids is 2. The molecule has 0 aliphatic carbocycles. The summed E-state index contributed by atoms with van der Waals surface area (Å²) in [7, 11) is 0. The number of pyridine rings is 1. The molecule has 0 bridgehead atoms. The van der Waals surface area contributed by atoms with E-state index in [1.807, 2.05) is 9.91 Å². The molecule has 0 spiro atoms. The Morgan fingerprint density at radius 1 is 1.24 bits per heavy atom. The molecule has 4 heterocycles. The Hall–Kier alpha value is -1.95. The number of hydrazine groups is 1. The molecule has 3 amide bonds. The van der Waals surface area contributed by atoms with Gasteiger partial charge in [0.05, 0.1) is 18.8 Å². The van der Waals surface area contributed by atoms with Gasteiger partial charge in [0.25, 0.3) is 5.91 Å². The Morgan fingerprint density at radius 2 is 1.97 bits per heavy atom. The Labute approximate surface area is 238 Å². The van der Waals surface area contributed by atoms with Crippen LogP contribution in [-0.2, 0) is 11.3 Å². The Balaban J connectivity index is 1.27. The van der Waals surface area contributed by atoms with E-state index >= 15 is 0 Å². The monoisotopic (exact) mass is 582 g/mol. The van der Waals surface area contributed by atoms with Gasteiger partial charge >= 0.3 is 6.03 Å². The standard InChI is InChI=1S/C26H36Cl2N6O3S/c1-18-15-22(27)30-24(28)23(18)25(35)29-7-3-19(2)32-8-4-21(5-9-32)34(16-20-6-14-38-17-20)26(36)31-33-10-12-37-13-11-33/h6,14-15,17,19,21H,3-5,7-13,16H2,1-2H3,(H,29,35)(H,31,36).